The molecule has 0 saturated carbocycles. The lowest BCUT2D eigenvalue weighted by Gasteiger charge is -2.21. The van der Waals surface area contributed by atoms with E-state index < -0.39 is 0 Å². The highest BCUT2D eigenvalue weighted by Crippen LogP contribution is 2.34. The van der Waals surface area contributed by atoms with Crippen molar-refractivity contribution >= 4 is 34.8 Å². The molecule has 2 heterocycles. The molecule has 0 fully saturated rings. The van der Waals surface area contributed by atoms with Gasteiger partial charge in [-0.2, -0.15) is 0 Å². The predicted octanol–water partition coefficient (Wildman–Crippen LogP) is 2.21. The maximum atomic E-state index is 12.6. The Labute approximate surface area is 133 Å². The minimum absolute atomic E-state index is 0.0505. The van der Waals surface area contributed by atoms with Crippen molar-refractivity contribution in [3.63, 3.8) is 0 Å². The molecule has 7 heteroatoms. The molecule has 0 aliphatic carbocycles. The fourth-order valence-electron chi connectivity index (χ4n) is 2.20. The first kappa shape index (κ1) is 16.7. The molecule has 3 N–H and O–H groups in total. The zero-order valence-electron chi connectivity index (χ0n) is 12.8. The Morgan fingerprint density at radius 2 is 2.32 bits per heavy atom. The molecule has 0 saturated heterocycles. The van der Waals surface area contributed by atoms with Crippen LogP contribution in [0.15, 0.2) is 16.6 Å². The molecule has 120 valence electrons. The number of thiophene rings is 1. The summed E-state index contributed by atoms with van der Waals surface area (Å²) in [5.74, 6) is 0.197. The molecule has 2 rings (SSSR count). The molecule has 0 spiro atoms. The van der Waals surface area contributed by atoms with E-state index in [9.17, 15) is 9.90 Å². The van der Waals surface area contributed by atoms with E-state index in [0.717, 1.165) is 16.2 Å². The molecule has 1 amide bonds. The number of nitrogens with zero attached hydrogens (tertiary/aromatic N) is 2. The third kappa shape index (κ3) is 3.73. The van der Waals surface area contributed by atoms with Crippen LogP contribution in [0.5, 0.6) is 0 Å². The van der Waals surface area contributed by atoms with Crippen LogP contribution in [-0.2, 0) is 16.2 Å². The van der Waals surface area contributed by atoms with E-state index in [4.69, 9.17) is 10.6 Å². The van der Waals surface area contributed by atoms with Gasteiger partial charge in [0.1, 0.15) is 5.84 Å². The molecule has 0 atom stereocenters. The molecule has 1 aliphatic heterocycles. The quantitative estimate of drug-likeness (QED) is 0.786. The van der Waals surface area contributed by atoms with Crippen LogP contribution in [0.2, 0.25) is 0 Å². The van der Waals surface area contributed by atoms with Crippen LogP contribution < -0.4 is 5.73 Å². The van der Waals surface area contributed by atoms with Crippen molar-refractivity contribution in [2.45, 2.75) is 33.3 Å². The van der Waals surface area contributed by atoms with Crippen LogP contribution in [0.4, 0.5) is 5.69 Å². The minimum atomic E-state index is -0.186. The number of aliphatic imine (C=N–C) groups is 1. The predicted molar refractivity (Wildman–Crippen MR) is 87.7 cm³/mol. The number of hydrogen-bond acceptors (Lipinski definition) is 6. The van der Waals surface area contributed by atoms with Crippen LogP contribution in [0, 0.1) is 0 Å². The number of fused-ring (bicyclic) bond motifs is 1. The van der Waals surface area contributed by atoms with Crippen molar-refractivity contribution in [3.8, 4) is 0 Å². The Balaban J connectivity index is 2.33. The summed E-state index contributed by atoms with van der Waals surface area (Å²) in [5, 5.41) is 10.6. The lowest BCUT2D eigenvalue weighted by Crippen LogP contribution is -2.34. The smallest absolute Gasteiger partial charge is 0.273 e. The molecule has 0 aromatic carbocycles. The van der Waals surface area contributed by atoms with Gasteiger partial charge in [-0.3, -0.25) is 9.63 Å². The number of hydroxylamine groups is 2. The highest BCUT2D eigenvalue weighted by molar-refractivity contribution is 7.13. The average Bonchev–Trinajstić information content (AvgIpc) is 2.80. The highest BCUT2D eigenvalue weighted by atomic mass is 32.1. The second-order valence-electron chi connectivity index (χ2n) is 4.89. The Hall–Kier alpha value is -1.70. The van der Waals surface area contributed by atoms with Gasteiger partial charge in [0.15, 0.2) is 0 Å². The molecule has 1 aromatic rings. The van der Waals surface area contributed by atoms with E-state index in [1.165, 1.54) is 16.4 Å². The maximum absolute atomic E-state index is 12.6. The lowest BCUT2D eigenvalue weighted by atomic mass is 10.1. The monoisotopic (exact) mass is 323 g/mol. The van der Waals surface area contributed by atoms with Gasteiger partial charge in [0.25, 0.3) is 5.91 Å². The van der Waals surface area contributed by atoms with Crippen molar-refractivity contribution < 1.29 is 14.7 Å². The molecular formula is C15H21N3O3S. The van der Waals surface area contributed by atoms with Crippen LogP contribution in [0.1, 0.15) is 36.4 Å². The molecule has 0 unspecified atom stereocenters. The standard InChI is InChI=1S/C15H21N3O3S/c1-3-5-18(21-4-2)15(20)10-6-13-12(17-14(16)7-10)8-11(9-19)22-13/h6,8,19H,3-5,7,9H2,1-2H3,(H2,16,17). The zero-order chi connectivity index (χ0) is 16.1. The van der Waals surface area contributed by atoms with Gasteiger partial charge in [0, 0.05) is 23.4 Å². The van der Waals surface area contributed by atoms with E-state index in [1.807, 2.05) is 13.8 Å². The SMILES string of the molecule is CCCN(OCC)C(=O)C1=Cc2sc(CO)cc2N=C(N)C1. The van der Waals surface area contributed by atoms with Gasteiger partial charge in [0.2, 0.25) is 0 Å². The first-order valence-corrected chi connectivity index (χ1v) is 8.12. The molecule has 1 aromatic heterocycles. The molecule has 0 bridgehead atoms. The van der Waals surface area contributed by atoms with Gasteiger partial charge in [-0.05, 0) is 25.5 Å². The number of aliphatic hydroxyl groups excluding tert-OH is 1. The summed E-state index contributed by atoms with van der Waals surface area (Å²) in [4.78, 5) is 24.0. The van der Waals surface area contributed by atoms with Crippen LogP contribution in [0.25, 0.3) is 6.08 Å². The number of hydrogen-bond donors (Lipinski definition) is 2. The molecule has 0 radical (unpaired) electrons. The van der Waals surface area contributed by atoms with Gasteiger partial charge < -0.3 is 10.8 Å². The van der Waals surface area contributed by atoms with Crippen molar-refractivity contribution in [1.29, 1.82) is 0 Å². The van der Waals surface area contributed by atoms with Crippen molar-refractivity contribution in [2.75, 3.05) is 13.2 Å². The van der Waals surface area contributed by atoms with Gasteiger partial charge in [-0.15, -0.1) is 11.3 Å². The second-order valence-corrected chi connectivity index (χ2v) is 6.06. The number of carbonyl (C=O) groups excluding carboxylic acids is 1. The maximum Gasteiger partial charge on any atom is 0.273 e. The largest absolute Gasteiger partial charge is 0.391 e. The van der Waals surface area contributed by atoms with Crippen molar-refractivity contribution in [1.82, 2.24) is 5.06 Å². The zero-order valence-corrected chi connectivity index (χ0v) is 13.7. The number of carbonyl (C=O) groups is 1. The number of amidine groups is 1. The summed E-state index contributed by atoms with van der Waals surface area (Å²) in [5.41, 5.74) is 7.17. The molecular weight excluding hydrogens is 302 g/mol. The fourth-order valence-corrected chi connectivity index (χ4v) is 3.12. The third-order valence-corrected chi connectivity index (χ3v) is 4.16. The Morgan fingerprint density at radius 3 is 2.95 bits per heavy atom. The van der Waals surface area contributed by atoms with E-state index in [-0.39, 0.29) is 12.5 Å². The summed E-state index contributed by atoms with van der Waals surface area (Å²) in [6.07, 6.45) is 2.90. The average molecular weight is 323 g/mol. The number of rotatable bonds is 6. The highest BCUT2D eigenvalue weighted by Gasteiger charge is 2.22. The van der Waals surface area contributed by atoms with E-state index in [0.29, 0.717) is 36.7 Å². The lowest BCUT2D eigenvalue weighted by molar-refractivity contribution is -0.180. The topological polar surface area (TPSA) is 88.1 Å². The summed E-state index contributed by atoms with van der Waals surface area (Å²) in [6.45, 7) is 4.74. The summed E-state index contributed by atoms with van der Waals surface area (Å²) < 4.78 is 0. The van der Waals surface area contributed by atoms with Crippen LogP contribution in [-0.4, -0.2) is 35.1 Å². The Bertz CT molecular complexity index is 601. The summed E-state index contributed by atoms with van der Waals surface area (Å²) >= 11 is 1.41. The summed E-state index contributed by atoms with van der Waals surface area (Å²) in [7, 11) is 0. The number of aliphatic hydroxyl groups is 1. The summed E-state index contributed by atoms with van der Waals surface area (Å²) in [6, 6.07) is 1.79. The van der Waals surface area contributed by atoms with Gasteiger partial charge >= 0.3 is 0 Å². The van der Waals surface area contributed by atoms with Gasteiger partial charge in [0.05, 0.1) is 23.8 Å². The van der Waals surface area contributed by atoms with E-state index in [2.05, 4.69) is 4.99 Å². The Morgan fingerprint density at radius 1 is 1.55 bits per heavy atom. The number of amides is 1. The normalized spacial score (nSPS) is 14.0. The van der Waals surface area contributed by atoms with Crippen LogP contribution in [0.3, 0.4) is 0 Å². The van der Waals surface area contributed by atoms with Crippen LogP contribution >= 0.6 is 11.3 Å². The second kappa shape index (κ2) is 7.53. The fraction of sp³-hybridized carbons (Fsp3) is 0.467. The van der Waals surface area contributed by atoms with E-state index >= 15 is 0 Å². The molecule has 22 heavy (non-hydrogen) atoms. The third-order valence-electron chi connectivity index (χ3n) is 3.10. The van der Waals surface area contributed by atoms with Crippen molar-refractivity contribution in [2.24, 2.45) is 10.7 Å². The van der Waals surface area contributed by atoms with Gasteiger partial charge in [-0.1, -0.05) is 6.92 Å². The molecule has 1 aliphatic rings. The Kier molecular flexibility index (Phi) is 5.70. The molecule has 6 nitrogen and oxygen atoms in total. The first-order chi connectivity index (χ1) is 10.6. The van der Waals surface area contributed by atoms with Gasteiger partial charge in [-0.25, -0.2) is 10.1 Å². The van der Waals surface area contributed by atoms with E-state index in [1.54, 1.807) is 12.1 Å². The minimum Gasteiger partial charge on any atom is -0.391 e. The van der Waals surface area contributed by atoms with Crippen molar-refractivity contribution in [3.05, 3.63) is 21.4 Å². The first-order valence-electron chi connectivity index (χ1n) is 7.31. The number of nitrogens with two attached hydrogens (primary N) is 1.